The lowest BCUT2D eigenvalue weighted by atomic mass is 9.91. The molecule has 128 valence electrons. The first-order chi connectivity index (χ1) is 12.2. The van der Waals surface area contributed by atoms with Gasteiger partial charge in [0.05, 0.1) is 11.0 Å². The monoisotopic (exact) mass is 332 g/mol. The molecule has 0 radical (unpaired) electrons. The lowest BCUT2D eigenvalue weighted by molar-refractivity contribution is 0.420. The summed E-state index contributed by atoms with van der Waals surface area (Å²) >= 11 is 0. The van der Waals surface area contributed by atoms with Gasteiger partial charge < -0.3 is 10.3 Å². The Balaban J connectivity index is 1.65. The third-order valence-corrected chi connectivity index (χ3v) is 5.18. The smallest absolute Gasteiger partial charge is 0.116 e. The van der Waals surface area contributed by atoms with Gasteiger partial charge in [0.1, 0.15) is 5.69 Å². The van der Waals surface area contributed by atoms with E-state index in [-0.39, 0.29) is 0 Å². The van der Waals surface area contributed by atoms with Crippen molar-refractivity contribution in [2.75, 3.05) is 13.1 Å². The number of aromatic amines is 2. The number of benzene rings is 1. The van der Waals surface area contributed by atoms with Crippen LogP contribution >= 0.6 is 0 Å². The molecule has 3 aromatic rings. The fourth-order valence-corrected chi connectivity index (χ4v) is 3.57. The fraction of sp³-hybridized carbons (Fsp3) is 0.286. The number of nitrogens with zero attached hydrogens (tertiary/aromatic N) is 1. The van der Waals surface area contributed by atoms with Gasteiger partial charge in [-0.3, -0.25) is 5.10 Å². The predicted octanol–water partition coefficient (Wildman–Crippen LogP) is 2.69. The molecular weight excluding hydrogens is 308 g/mol. The van der Waals surface area contributed by atoms with E-state index in [1.54, 1.807) is 0 Å². The van der Waals surface area contributed by atoms with Gasteiger partial charge in [0.2, 0.25) is 0 Å². The van der Waals surface area contributed by atoms with Crippen LogP contribution in [0.2, 0.25) is 0 Å². The van der Waals surface area contributed by atoms with Crippen molar-refractivity contribution in [1.82, 2.24) is 20.5 Å². The second-order valence-electron chi connectivity index (χ2n) is 6.84. The topological polar surface area (TPSA) is 56.5 Å². The molecular formula is C21H24N4. The molecule has 1 aromatic carbocycles. The number of fused-ring (bicyclic) bond motifs is 1. The molecule has 1 saturated heterocycles. The largest absolute Gasteiger partial charge is 0.353 e. The van der Waals surface area contributed by atoms with Crippen LogP contribution in [0.1, 0.15) is 19.8 Å². The van der Waals surface area contributed by atoms with Crippen LogP contribution in [0.25, 0.3) is 34.9 Å². The summed E-state index contributed by atoms with van der Waals surface area (Å²) in [6.07, 6.45) is 6.76. The number of hydrogen-bond acceptors (Lipinski definition) is 2. The van der Waals surface area contributed by atoms with E-state index in [9.17, 15) is 0 Å². The Bertz CT molecular complexity index is 983. The van der Waals surface area contributed by atoms with Gasteiger partial charge in [-0.25, -0.2) is 0 Å². The average molecular weight is 332 g/mol. The quantitative estimate of drug-likeness (QED) is 0.691. The zero-order valence-electron chi connectivity index (χ0n) is 14.6. The molecule has 0 atom stereocenters. The van der Waals surface area contributed by atoms with Gasteiger partial charge in [-0.05, 0) is 57.0 Å². The minimum Gasteiger partial charge on any atom is -0.353 e. The second kappa shape index (κ2) is 6.73. The number of rotatable bonds is 3. The highest BCUT2D eigenvalue weighted by atomic mass is 15.1. The molecule has 0 amide bonds. The number of nitrogens with one attached hydrogen (secondary N) is 3. The first-order valence-corrected chi connectivity index (χ1v) is 8.93. The Hall–Kier alpha value is -2.59. The molecule has 25 heavy (non-hydrogen) atoms. The van der Waals surface area contributed by atoms with Gasteiger partial charge in [0.25, 0.3) is 0 Å². The molecule has 2 aromatic heterocycles. The number of allylic oxidation sites excluding steroid dienone is 2. The van der Waals surface area contributed by atoms with E-state index >= 15 is 0 Å². The first kappa shape index (κ1) is 15.9. The summed E-state index contributed by atoms with van der Waals surface area (Å²) in [5.74, 6) is 0.682. The average Bonchev–Trinajstić information content (AvgIpc) is 3.23. The van der Waals surface area contributed by atoms with Crippen LogP contribution in [-0.4, -0.2) is 28.3 Å². The first-order valence-electron chi connectivity index (χ1n) is 8.93. The summed E-state index contributed by atoms with van der Waals surface area (Å²) in [4.78, 5) is 3.42. The van der Waals surface area contributed by atoms with E-state index in [0.717, 1.165) is 40.6 Å². The van der Waals surface area contributed by atoms with Crippen LogP contribution in [0.3, 0.4) is 0 Å². The molecule has 3 N–H and O–H groups in total. The van der Waals surface area contributed by atoms with Crippen LogP contribution in [-0.2, 0) is 0 Å². The third kappa shape index (κ3) is 3.17. The molecule has 4 rings (SSSR count). The summed E-state index contributed by atoms with van der Waals surface area (Å²) in [6, 6.07) is 10.4. The molecule has 0 saturated carbocycles. The SMILES string of the molecule is C=c1c(-c2cc3ccccc3[nH]2)n[nH]/c1=C/C=C(\C)C1CCNCC1. The van der Waals surface area contributed by atoms with E-state index in [2.05, 4.69) is 64.4 Å². The minimum atomic E-state index is 0.682. The van der Waals surface area contributed by atoms with Crippen LogP contribution < -0.4 is 15.9 Å². The maximum Gasteiger partial charge on any atom is 0.116 e. The van der Waals surface area contributed by atoms with Gasteiger partial charge in [0, 0.05) is 16.1 Å². The van der Waals surface area contributed by atoms with Gasteiger partial charge in [0.15, 0.2) is 0 Å². The van der Waals surface area contributed by atoms with Crippen LogP contribution in [0.15, 0.2) is 42.0 Å². The second-order valence-corrected chi connectivity index (χ2v) is 6.84. The van der Waals surface area contributed by atoms with Crippen molar-refractivity contribution in [2.45, 2.75) is 19.8 Å². The molecule has 1 aliphatic rings. The molecule has 3 heterocycles. The van der Waals surface area contributed by atoms with Crippen molar-refractivity contribution < 1.29 is 0 Å². The summed E-state index contributed by atoms with van der Waals surface area (Å²) in [5, 5.41) is 14.1. The minimum absolute atomic E-state index is 0.682. The van der Waals surface area contributed by atoms with Gasteiger partial charge >= 0.3 is 0 Å². The van der Waals surface area contributed by atoms with Gasteiger partial charge in [-0.2, -0.15) is 5.10 Å². The number of H-pyrrole nitrogens is 2. The van der Waals surface area contributed by atoms with Gasteiger partial charge in [-0.1, -0.05) is 36.4 Å². The third-order valence-electron chi connectivity index (χ3n) is 5.18. The van der Waals surface area contributed by atoms with E-state index in [0.29, 0.717) is 5.92 Å². The zero-order chi connectivity index (χ0) is 17.2. The summed E-state index contributed by atoms with van der Waals surface area (Å²) in [7, 11) is 0. The molecule has 0 bridgehead atoms. The molecule has 4 nitrogen and oxygen atoms in total. The Kier molecular flexibility index (Phi) is 4.28. The van der Waals surface area contributed by atoms with Crippen LogP contribution in [0, 0.1) is 5.92 Å². The molecule has 4 heteroatoms. The number of piperidine rings is 1. The van der Waals surface area contributed by atoms with Crippen molar-refractivity contribution >= 4 is 23.6 Å². The molecule has 0 unspecified atom stereocenters. The number of hydrogen-bond donors (Lipinski definition) is 3. The summed E-state index contributed by atoms with van der Waals surface area (Å²) < 4.78 is 0. The molecule has 1 aliphatic heterocycles. The van der Waals surface area contributed by atoms with Crippen molar-refractivity contribution in [2.24, 2.45) is 5.92 Å². The standard InChI is InChI=1S/C21H24N4/c1-14(16-9-11-22-12-10-16)7-8-18-15(2)21(25-24-18)20-13-17-5-3-4-6-19(17)23-20/h3-8,13,16,22-24H,2,9-12H2,1H3/b14-7+,18-8+. The van der Waals surface area contributed by atoms with E-state index < -0.39 is 0 Å². The maximum absolute atomic E-state index is 4.48. The van der Waals surface area contributed by atoms with Crippen molar-refractivity contribution in [3.63, 3.8) is 0 Å². The highest BCUT2D eigenvalue weighted by Crippen LogP contribution is 2.21. The van der Waals surface area contributed by atoms with Crippen molar-refractivity contribution in [1.29, 1.82) is 0 Å². The maximum atomic E-state index is 4.48. The lowest BCUT2D eigenvalue weighted by Crippen LogP contribution is -2.28. The Morgan fingerprint density at radius 1 is 1.24 bits per heavy atom. The highest BCUT2D eigenvalue weighted by molar-refractivity contribution is 5.85. The predicted molar refractivity (Wildman–Crippen MR) is 104 cm³/mol. The lowest BCUT2D eigenvalue weighted by Gasteiger charge is -2.23. The normalized spacial score (nSPS) is 17.5. The fourth-order valence-electron chi connectivity index (χ4n) is 3.57. The van der Waals surface area contributed by atoms with Gasteiger partial charge in [-0.15, -0.1) is 0 Å². The molecule has 1 fully saturated rings. The summed E-state index contributed by atoms with van der Waals surface area (Å²) in [5.41, 5.74) is 4.44. The zero-order valence-corrected chi connectivity index (χ0v) is 14.6. The molecule has 0 spiro atoms. The van der Waals surface area contributed by atoms with E-state index in [1.807, 2.05) is 12.1 Å². The number of aromatic nitrogens is 3. The van der Waals surface area contributed by atoms with Crippen LogP contribution in [0.5, 0.6) is 0 Å². The highest BCUT2D eigenvalue weighted by Gasteiger charge is 2.13. The van der Waals surface area contributed by atoms with Crippen molar-refractivity contribution in [3.8, 4) is 11.4 Å². The van der Waals surface area contributed by atoms with E-state index in [1.165, 1.54) is 23.8 Å². The summed E-state index contributed by atoms with van der Waals surface area (Å²) in [6.45, 7) is 8.69. The number of para-hydroxylation sites is 1. The van der Waals surface area contributed by atoms with Crippen molar-refractivity contribution in [3.05, 3.63) is 52.5 Å². The van der Waals surface area contributed by atoms with E-state index in [4.69, 9.17) is 0 Å². The van der Waals surface area contributed by atoms with Crippen LogP contribution in [0.4, 0.5) is 0 Å². The Morgan fingerprint density at radius 2 is 2.04 bits per heavy atom. The molecule has 0 aliphatic carbocycles. The Labute approximate surface area is 147 Å². The Morgan fingerprint density at radius 3 is 2.84 bits per heavy atom.